The van der Waals surface area contributed by atoms with Crippen molar-refractivity contribution in [1.82, 2.24) is 9.88 Å². The van der Waals surface area contributed by atoms with Crippen LogP contribution in [-0.4, -0.2) is 48.0 Å². The van der Waals surface area contributed by atoms with Crippen molar-refractivity contribution in [2.24, 2.45) is 0 Å². The molecular formula is C11H15BrN2O2S2. The summed E-state index contributed by atoms with van der Waals surface area (Å²) in [4.78, 5) is 6.13. The van der Waals surface area contributed by atoms with Crippen molar-refractivity contribution in [2.45, 2.75) is 11.9 Å². The number of hydrogen-bond acceptors (Lipinski definition) is 5. The van der Waals surface area contributed by atoms with E-state index in [1.54, 1.807) is 24.2 Å². The van der Waals surface area contributed by atoms with Gasteiger partial charge in [0.1, 0.15) is 5.37 Å². The molecule has 0 aliphatic carbocycles. The van der Waals surface area contributed by atoms with Crippen LogP contribution in [0.25, 0.3) is 0 Å². The maximum absolute atomic E-state index is 11.8. The molecule has 0 saturated carbocycles. The topological polar surface area (TPSA) is 50.3 Å². The van der Waals surface area contributed by atoms with Crippen molar-refractivity contribution in [3.05, 3.63) is 28.5 Å². The second-order valence-corrected chi connectivity index (χ2v) is 8.61. The van der Waals surface area contributed by atoms with Gasteiger partial charge in [0.05, 0.1) is 0 Å². The number of aromatic nitrogens is 1. The predicted molar refractivity (Wildman–Crippen MR) is 78.3 cm³/mol. The Hall–Kier alpha value is -0.110. The Bertz CT molecular complexity index is 522. The van der Waals surface area contributed by atoms with Crippen LogP contribution in [0.15, 0.2) is 22.9 Å². The molecule has 4 nitrogen and oxygen atoms in total. The lowest BCUT2D eigenvalue weighted by Gasteiger charge is -2.33. The van der Waals surface area contributed by atoms with E-state index in [9.17, 15) is 8.42 Å². The van der Waals surface area contributed by atoms with Gasteiger partial charge in [-0.25, -0.2) is 8.42 Å². The summed E-state index contributed by atoms with van der Waals surface area (Å²) < 4.78 is 24.5. The first-order valence-electron chi connectivity index (χ1n) is 5.57. The molecule has 0 radical (unpaired) electrons. The summed E-state index contributed by atoms with van der Waals surface area (Å²) in [5, 5.41) is -0.379. The van der Waals surface area contributed by atoms with Crippen LogP contribution in [0.2, 0.25) is 0 Å². The van der Waals surface area contributed by atoms with E-state index in [-0.39, 0.29) is 5.37 Å². The van der Waals surface area contributed by atoms with Gasteiger partial charge in [0.15, 0.2) is 9.84 Å². The molecule has 18 heavy (non-hydrogen) atoms. The Morgan fingerprint density at radius 2 is 2.33 bits per heavy atom. The van der Waals surface area contributed by atoms with Gasteiger partial charge in [0, 0.05) is 47.7 Å². The first-order chi connectivity index (χ1) is 8.47. The number of halogens is 1. The highest BCUT2D eigenvalue weighted by molar-refractivity contribution is 9.10. The molecule has 1 aromatic heterocycles. The van der Waals surface area contributed by atoms with Crippen molar-refractivity contribution in [3.8, 4) is 0 Å². The fraction of sp³-hybridized carbons (Fsp3) is 0.545. The van der Waals surface area contributed by atoms with E-state index in [1.165, 1.54) is 6.26 Å². The summed E-state index contributed by atoms with van der Waals surface area (Å²) in [5.41, 5.74) is 1.03. The van der Waals surface area contributed by atoms with Gasteiger partial charge in [-0.1, -0.05) is 0 Å². The van der Waals surface area contributed by atoms with E-state index < -0.39 is 9.84 Å². The molecule has 0 spiro atoms. The van der Waals surface area contributed by atoms with Crippen molar-refractivity contribution in [1.29, 1.82) is 0 Å². The normalized spacial score (nSPS) is 22.0. The molecule has 0 N–H and O–H groups in total. The summed E-state index contributed by atoms with van der Waals surface area (Å²) in [6.45, 7) is 1.43. The zero-order chi connectivity index (χ0) is 13.2. The van der Waals surface area contributed by atoms with E-state index in [0.29, 0.717) is 12.3 Å². The fourth-order valence-electron chi connectivity index (χ4n) is 1.97. The van der Waals surface area contributed by atoms with Gasteiger partial charge in [-0.05, 0) is 27.6 Å². The van der Waals surface area contributed by atoms with Crippen molar-refractivity contribution >= 4 is 37.5 Å². The summed E-state index contributed by atoms with van der Waals surface area (Å²) in [5.74, 6) is 1.63. The average Bonchev–Trinajstić information content (AvgIpc) is 2.28. The summed E-state index contributed by atoms with van der Waals surface area (Å²) >= 11 is 5.08. The SMILES string of the molecule is CS(=O)(=O)C1CSCCN1Cc1cncc(Br)c1. The predicted octanol–water partition coefficient (Wildman–Crippen LogP) is 1.76. The molecule has 0 amide bonds. The maximum atomic E-state index is 11.8. The Morgan fingerprint density at radius 3 is 3.00 bits per heavy atom. The maximum Gasteiger partial charge on any atom is 0.164 e. The summed E-state index contributed by atoms with van der Waals surface area (Å²) in [6, 6.07) is 1.98. The van der Waals surface area contributed by atoms with Crippen LogP contribution in [0.1, 0.15) is 5.56 Å². The molecule has 2 heterocycles. The minimum atomic E-state index is -3.03. The largest absolute Gasteiger partial charge is 0.281 e. The fourth-order valence-corrected chi connectivity index (χ4v) is 5.32. The van der Waals surface area contributed by atoms with Gasteiger partial charge >= 0.3 is 0 Å². The lowest BCUT2D eigenvalue weighted by molar-refractivity contribution is 0.262. The molecule has 0 bridgehead atoms. The molecule has 1 aliphatic rings. The molecule has 1 saturated heterocycles. The first kappa shape index (κ1) is 14.3. The first-order valence-corrected chi connectivity index (χ1v) is 9.47. The highest BCUT2D eigenvalue weighted by Gasteiger charge is 2.30. The number of nitrogens with zero attached hydrogens (tertiary/aromatic N) is 2. The Kier molecular flexibility index (Phi) is 4.69. The van der Waals surface area contributed by atoms with Gasteiger partial charge in [0.25, 0.3) is 0 Å². The van der Waals surface area contributed by atoms with Gasteiger partial charge in [-0.3, -0.25) is 9.88 Å². The van der Waals surface area contributed by atoms with Crippen LogP contribution in [0.4, 0.5) is 0 Å². The molecule has 1 atom stereocenters. The lowest BCUT2D eigenvalue weighted by atomic mass is 10.2. The number of pyridine rings is 1. The zero-order valence-electron chi connectivity index (χ0n) is 10.0. The molecule has 1 fully saturated rings. The van der Waals surface area contributed by atoms with Gasteiger partial charge in [-0.15, -0.1) is 0 Å². The highest BCUT2D eigenvalue weighted by atomic mass is 79.9. The Morgan fingerprint density at radius 1 is 1.56 bits per heavy atom. The molecule has 1 aliphatic heterocycles. The third kappa shape index (κ3) is 3.69. The molecule has 7 heteroatoms. The van der Waals surface area contributed by atoms with Crippen LogP contribution < -0.4 is 0 Å². The van der Waals surface area contributed by atoms with Gasteiger partial charge < -0.3 is 0 Å². The second kappa shape index (κ2) is 5.90. The van der Waals surface area contributed by atoms with Crippen molar-refractivity contribution < 1.29 is 8.42 Å². The van der Waals surface area contributed by atoms with Gasteiger partial charge in [-0.2, -0.15) is 11.8 Å². The third-order valence-electron chi connectivity index (χ3n) is 2.83. The monoisotopic (exact) mass is 350 g/mol. The quantitative estimate of drug-likeness (QED) is 0.831. The summed E-state index contributed by atoms with van der Waals surface area (Å²) in [7, 11) is -3.03. The van der Waals surface area contributed by atoms with E-state index in [4.69, 9.17) is 0 Å². The number of sulfone groups is 1. The molecule has 100 valence electrons. The van der Waals surface area contributed by atoms with Gasteiger partial charge in [0.2, 0.25) is 0 Å². The molecule has 1 aromatic rings. The Balaban J connectivity index is 2.15. The number of rotatable bonds is 3. The van der Waals surface area contributed by atoms with E-state index in [2.05, 4.69) is 20.9 Å². The Labute approximate surface area is 120 Å². The van der Waals surface area contributed by atoms with Crippen molar-refractivity contribution in [3.63, 3.8) is 0 Å². The molecule has 1 unspecified atom stereocenters. The average molecular weight is 351 g/mol. The van der Waals surface area contributed by atoms with E-state index in [1.807, 2.05) is 11.0 Å². The zero-order valence-corrected chi connectivity index (χ0v) is 13.3. The van der Waals surface area contributed by atoms with Crippen LogP contribution >= 0.6 is 27.7 Å². The van der Waals surface area contributed by atoms with Crippen LogP contribution in [-0.2, 0) is 16.4 Å². The molecule has 2 rings (SSSR count). The highest BCUT2D eigenvalue weighted by Crippen LogP contribution is 2.22. The summed E-state index contributed by atoms with van der Waals surface area (Å²) in [6.07, 6.45) is 4.82. The third-order valence-corrected chi connectivity index (χ3v) is 5.95. The minimum absolute atomic E-state index is 0.379. The molecule has 0 aromatic carbocycles. The lowest BCUT2D eigenvalue weighted by Crippen LogP contribution is -2.46. The second-order valence-electron chi connectivity index (χ2n) is 4.34. The van der Waals surface area contributed by atoms with Crippen LogP contribution in [0, 0.1) is 0 Å². The number of thioether (sulfide) groups is 1. The smallest absolute Gasteiger partial charge is 0.164 e. The number of hydrogen-bond donors (Lipinski definition) is 0. The van der Waals surface area contributed by atoms with Crippen LogP contribution in [0.5, 0.6) is 0 Å². The minimum Gasteiger partial charge on any atom is -0.281 e. The van der Waals surface area contributed by atoms with Crippen molar-refractivity contribution in [2.75, 3.05) is 24.3 Å². The van der Waals surface area contributed by atoms with E-state index >= 15 is 0 Å². The standard InChI is InChI=1S/C11H15BrN2O2S2/c1-18(15,16)11-8-17-3-2-14(11)7-9-4-10(12)6-13-5-9/h4-6,11H,2-3,7-8H2,1H3. The molecular weight excluding hydrogens is 336 g/mol. The van der Waals surface area contributed by atoms with E-state index in [0.717, 1.165) is 22.3 Å². The van der Waals surface area contributed by atoms with Crippen LogP contribution in [0.3, 0.4) is 0 Å².